The molecule has 1 heterocycles. The smallest absolute Gasteiger partial charge is 0.335 e. The first-order valence-corrected chi connectivity index (χ1v) is 6.27. The lowest BCUT2D eigenvalue weighted by Gasteiger charge is -2.16. The molecule has 60 valence electrons. The first-order valence-electron chi connectivity index (χ1n) is 3.75. The number of hydrogen-bond donors (Lipinski definition) is 1. The van der Waals surface area contributed by atoms with E-state index >= 15 is 0 Å². The molecule has 0 amide bonds. The Morgan fingerprint density at radius 3 is 2.50 bits per heavy atom. The Hall–Kier alpha value is 0.0969. The van der Waals surface area contributed by atoms with Gasteiger partial charge in [-0.25, -0.2) is 0 Å². The minimum Gasteiger partial charge on any atom is -0.392 e. The van der Waals surface area contributed by atoms with Crippen LogP contribution in [0.25, 0.3) is 0 Å². The second kappa shape index (κ2) is 3.48. The summed E-state index contributed by atoms with van der Waals surface area (Å²) < 4.78 is 11.0. The minimum atomic E-state index is -1.69. The molecular formula is C6H15NO2Si. The highest BCUT2D eigenvalue weighted by Gasteiger charge is 2.34. The second-order valence-electron chi connectivity index (χ2n) is 2.72. The Morgan fingerprint density at radius 1 is 1.40 bits per heavy atom. The lowest BCUT2D eigenvalue weighted by molar-refractivity contribution is 0.340. The molecule has 0 aliphatic carbocycles. The molecule has 1 rings (SSSR count). The summed E-state index contributed by atoms with van der Waals surface area (Å²) >= 11 is 0. The van der Waals surface area contributed by atoms with Crippen LogP contribution in [0.2, 0.25) is 12.6 Å². The largest absolute Gasteiger partial charge is 0.392 e. The molecule has 0 aromatic heterocycles. The van der Waals surface area contributed by atoms with Crippen LogP contribution in [0.1, 0.15) is 6.42 Å². The molecule has 0 spiro atoms. The predicted octanol–water partition coefficient (Wildman–Crippen LogP) is 0.454. The molecule has 0 atom stereocenters. The van der Waals surface area contributed by atoms with Gasteiger partial charge < -0.3 is 14.6 Å². The predicted molar refractivity (Wildman–Crippen MR) is 42.0 cm³/mol. The Bertz CT molecular complexity index is 104. The van der Waals surface area contributed by atoms with E-state index in [1.165, 1.54) is 0 Å². The monoisotopic (exact) mass is 161 g/mol. The van der Waals surface area contributed by atoms with Crippen molar-refractivity contribution in [2.24, 2.45) is 5.73 Å². The van der Waals surface area contributed by atoms with Gasteiger partial charge in [0.05, 0.1) is 13.2 Å². The number of rotatable bonds is 3. The van der Waals surface area contributed by atoms with Gasteiger partial charge in [0, 0.05) is 0 Å². The van der Waals surface area contributed by atoms with Crippen molar-refractivity contribution >= 4 is 8.56 Å². The van der Waals surface area contributed by atoms with E-state index in [9.17, 15) is 0 Å². The lowest BCUT2D eigenvalue weighted by Crippen LogP contribution is -2.32. The fourth-order valence-corrected chi connectivity index (χ4v) is 3.37. The van der Waals surface area contributed by atoms with Gasteiger partial charge in [-0.2, -0.15) is 0 Å². The number of nitrogens with two attached hydrogens (primary N) is 1. The van der Waals surface area contributed by atoms with Gasteiger partial charge in [-0.3, -0.25) is 0 Å². The maximum absolute atomic E-state index is 5.50. The average Bonchev–Trinajstić information content (AvgIpc) is 2.33. The summed E-state index contributed by atoms with van der Waals surface area (Å²) in [4.78, 5) is 0. The fourth-order valence-electron chi connectivity index (χ4n) is 1.12. The average molecular weight is 161 g/mol. The van der Waals surface area contributed by atoms with Crippen LogP contribution in [-0.4, -0.2) is 28.3 Å². The van der Waals surface area contributed by atoms with Crippen LogP contribution in [0.4, 0.5) is 0 Å². The highest BCUT2D eigenvalue weighted by Crippen LogP contribution is 2.19. The van der Waals surface area contributed by atoms with Gasteiger partial charge in [-0.05, 0) is 25.6 Å². The van der Waals surface area contributed by atoms with Crippen LogP contribution in [0, 0.1) is 0 Å². The van der Waals surface area contributed by atoms with E-state index in [2.05, 4.69) is 6.55 Å². The van der Waals surface area contributed by atoms with E-state index in [0.29, 0.717) is 0 Å². The van der Waals surface area contributed by atoms with Crippen LogP contribution < -0.4 is 5.73 Å². The Morgan fingerprint density at radius 2 is 2.00 bits per heavy atom. The summed E-state index contributed by atoms with van der Waals surface area (Å²) in [7, 11) is -1.69. The van der Waals surface area contributed by atoms with Crippen molar-refractivity contribution in [2.45, 2.75) is 19.0 Å². The van der Waals surface area contributed by atoms with Gasteiger partial charge in [0.25, 0.3) is 0 Å². The van der Waals surface area contributed by atoms with Gasteiger partial charge >= 0.3 is 8.56 Å². The van der Waals surface area contributed by atoms with Gasteiger partial charge in [-0.15, -0.1) is 0 Å². The zero-order valence-corrected chi connectivity index (χ0v) is 7.43. The van der Waals surface area contributed by atoms with E-state index in [0.717, 1.165) is 32.2 Å². The molecule has 0 aromatic rings. The van der Waals surface area contributed by atoms with E-state index in [4.69, 9.17) is 14.6 Å². The molecule has 0 radical (unpaired) electrons. The van der Waals surface area contributed by atoms with Crippen molar-refractivity contribution in [3.63, 3.8) is 0 Å². The number of hydrogen-bond acceptors (Lipinski definition) is 3. The van der Waals surface area contributed by atoms with E-state index < -0.39 is 8.56 Å². The van der Waals surface area contributed by atoms with Crippen LogP contribution in [-0.2, 0) is 8.85 Å². The SMILES string of the molecule is C[Si]1(CCCN)OCCO1. The standard InChI is InChI=1S/C6H15NO2Si/c1-10(6-2-3-7)8-4-5-9-10/h2-7H2,1H3. The third-order valence-electron chi connectivity index (χ3n) is 1.73. The van der Waals surface area contributed by atoms with Crippen LogP contribution in [0.3, 0.4) is 0 Å². The highest BCUT2D eigenvalue weighted by molar-refractivity contribution is 6.66. The first-order chi connectivity index (χ1) is 4.77. The van der Waals surface area contributed by atoms with Crippen molar-refractivity contribution in [1.29, 1.82) is 0 Å². The van der Waals surface area contributed by atoms with E-state index in [1.54, 1.807) is 0 Å². The molecular weight excluding hydrogens is 146 g/mol. The molecule has 0 aromatic carbocycles. The lowest BCUT2D eigenvalue weighted by atomic mass is 10.5. The van der Waals surface area contributed by atoms with Gasteiger partial charge in [0.1, 0.15) is 0 Å². The van der Waals surface area contributed by atoms with Crippen LogP contribution in [0.5, 0.6) is 0 Å². The quantitative estimate of drug-likeness (QED) is 0.611. The van der Waals surface area contributed by atoms with Crippen molar-refractivity contribution in [3.05, 3.63) is 0 Å². The second-order valence-corrected chi connectivity index (χ2v) is 6.07. The molecule has 0 bridgehead atoms. The van der Waals surface area contributed by atoms with Crippen molar-refractivity contribution in [3.8, 4) is 0 Å². The normalized spacial score (nSPS) is 23.4. The van der Waals surface area contributed by atoms with Crippen molar-refractivity contribution < 1.29 is 8.85 Å². The molecule has 1 aliphatic rings. The molecule has 3 nitrogen and oxygen atoms in total. The first kappa shape index (κ1) is 8.20. The Kier molecular flexibility index (Phi) is 2.85. The Labute approximate surface area is 62.8 Å². The highest BCUT2D eigenvalue weighted by atomic mass is 28.4. The molecule has 1 aliphatic heterocycles. The summed E-state index contributed by atoms with van der Waals surface area (Å²) in [6, 6.07) is 1.05. The molecule has 1 saturated heterocycles. The summed E-state index contributed by atoms with van der Waals surface area (Å²) in [5, 5.41) is 0. The van der Waals surface area contributed by atoms with Gasteiger partial charge in [-0.1, -0.05) is 0 Å². The van der Waals surface area contributed by atoms with Crippen LogP contribution in [0.15, 0.2) is 0 Å². The summed E-state index contributed by atoms with van der Waals surface area (Å²) in [5.41, 5.74) is 5.38. The maximum atomic E-state index is 5.50. The van der Waals surface area contributed by atoms with Gasteiger partial charge in [0.15, 0.2) is 0 Å². The summed E-state index contributed by atoms with van der Waals surface area (Å²) in [5.74, 6) is 0. The summed E-state index contributed by atoms with van der Waals surface area (Å²) in [6.45, 7) is 4.42. The van der Waals surface area contributed by atoms with Crippen LogP contribution >= 0.6 is 0 Å². The summed E-state index contributed by atoms with van der Waals surface area (Å²) in [6.07, 6.45) is 1.03. The topological polar surface area (TPSA) is 44.5 Å². The third-order valence-corrected chi connectivity index (χ3v) is 4.62. The molecule has 0 saturated carbocycles. The van der Waals surface area contributed by atoms with Crippen molar-refractivity contribution in [2.75, 3.05) is 19.8 Å². The van der Waals surface area contributed by atoms with Crippen molar-refractivity contribution in [1.82, 2.24) is 0 Å². The molecule has 0 unspecified atom stereocenters. The Balaban J connectivity index is 2.22. The minimum absolute atomic E-state index is 0.745. The van der Waals surface area contributed by atoms with E-state index in [1.807, 2.05) is 0 Å². The third kappa shape index (κ3) is 2.05. The zero-order valence-electron chi connectivity index (χ0n) is 6.43. The molecule has 4 heteroatoms. The van der Waals surface area contributed by atoms with E-state index in [-0.39, 0.29) is 0 Å². The molecule has 2 N–H and O–H groups in total. The maximum Gasteiger partial charge on any atom is 0.335 e. The zero-order chi connectivity index (χ0) is 7.45. The molecule has 10 heavy (non-hydrogen) atoms. The molecule has 1 fully saturated rings. The van der Waals surface area contributed by atoms with Gasteiger partial charge in [0.2, 0.25) is 0 Å². The fraction of sp³-hybridized carbons (Fsp3) is 1.00.